The molecule has 0 atom stereocenters. The molecule has 10 rings (SSSR count). The summed E-state index contributed by atoms with van der Waals surface area (Å²) in [7, 11) is 0. The van der Waals surface area contributed by atoms with Gasteiger partial charge in [0.25, 0.3) is 0 Å². The van der Waals surface area contributed by atoms with Crippen LogP contribution in [0.4, 0.5) is 44.3 Å². The Labute approximate surface area is 305 Å². The van der Waals surface area contributed by atoms with E-state index in [2.05, 4.69) is 125 Å². The molecule has 0 amide bonds. The first kappa shape index (κ1) is 31.1. The molecule has 5 heterocycles. The summed E-state index contributed by atoms with van der Waals surface area (Å²) < 4.78 is 15.5. The highest BCUT2D eigenvalue weighted by atomic mass is 19.1. The zero-order valence-electron chi connectivity index (χ0n) is 29.6. The molecular weight excluding hydrogens is 658 g/mol. The average molecular weight is 690 g/mol. The van der Waals surface area contributed by atoms with Gasteiger partial charge in [-0.15, -0.1) is 4.98 Å². The van der Waals surface area contributed by atoms with Crippen molar-refractivity contribution in [2.45, 2.75) is 38.5 Å². The number of pyridine rings is 2. The Morgan fingerprint density at radius 2 is 0.887 bits per heavy atom. The maximum Gasteiger partial charge on any atom is 0.325 e. The number of fused-ring (bicyclic) bond motifs is 10. The van der Waals surface area contributed by atoms with Crippen molar-refractivity contribution in [2.75, 3.05) is 9.80 Å². The SMILES string of the molecule is [C-]#[N+]c1nc2c3cc(N4c5ccccc5C(C)(C)c5ccccc54)cnc3c3ncc(N4c5ccccc5C(C)(C)c5ccccc54)cc3c2nc1F. The summed E-state index contributed by atoms with van der Waals surface area (Å²) in [6.45, 7) is 16.7. The summed E-state index contributed by atoms with van der Waals surface area (Å²) in [5.74, 6) is -1.30. The summed E-state index contributed by atoms with van der Waals surface area (Å²) in [4.78, 5) is 27.0. The van der Waals surface area contributed by atoms with E-state index in [0.717, 1.165) is 34.1 Å². The number of hydrogen-bond acceptors (Lipinski definition) is 6. The number of halogens is 1. The molecule has 8 aromatic rings. The van der Waals surface area contributed by atoms with E-state index >= 15 is 4.39 Å². The van der Waals surface area contributed by atoms with E-state index in [9.17, 15) is 0 Å². The largest absolute Gasteiger partial charge is 0.357 e. The molecule has 0 fully saturated rings. The van der Waals surface area contributed by atoms with Gasteiger partial charge in [-0.3, -0.25) is 9.97 Å². The first-order valence-electron chi connectivity index (χ1n) is 17.6. The fourth-order valence-electron chi connectivity index (χ4n) is 8.64. The highest BCUT2D eigenvalue weighted by Gasteiger charge is 2.38. The normalized spacial score (nSPS) is 15.1. The zero-order chi connectivity index (χ0) is 36.2. The van der Waals surface area contributed by atoms with Crippen LogP contribution in [0.15, 0.2) is 122 Å². The highest BCUT2D eigenvalue weighted by Crippen LogP contribution is 2.54. The van der Waals surface area contributed by atoms with Gasteiger partial charge in [-0.1, -0.05) is 107 Å². The van der Waals surface area contributed by atoms with Crippen LogP contribution in [0.25, 0.3) is 37.7 Å². The van der Waals surface area contributed by atoms with Gasteiger partial charge in [0.2, 0.25) is 5.95 Å². The summed E-state index contributed by atoms with van der Waals surface area (Å²) in [5, 5.41) is 1.24. The van der Waals surface area contributed by atoms with Gasteiger partial charge in [0.15, 0.2) is 5.52 Å². The van der Waals surface area contributed by atoms with Crippen LogP contribution in [0.5, 0.6) is 0 Å². The van der Waals surface area contributed by atoms with Crippen LogP contribution in [0.1, 0.15) is 49.9 Å². The second-order valence-corrected chi connectivity index (χ2v) is 14.8. The van der Waals surface area contributed by atoms with Gasteiger partial charge >= 0.3 is 5.82 Å². The second-order valence-electron chi connectivity index (χ2n) is 14.8. The Morgan fingerprint density at radius 1 is 0.528 bits per heavy atom. The summed E-state index contributed by atoms with van der Waals surface area (Å²) in [6.07, 6.45) is 3.71. The molecule has 53 heavy (non-hydrogen) atoms. The molecule has 0 saturated carbocycles. The molecule has 0 saturated heterocycles. The lowest BCUT2D eigenvalue weighted by Crippen LogP contribution is -2.30. The van der Waals surface area contributed by atoms with Crippen molar-refractivity contribution in [3.8, 4) is 0 Å². The highest BCUT2D eigenvalue weighted by molar-refractivity contribution is 6.21. The number of para-hydroxylation sites is 4. The summed E-state index contributed by atoms with van der Waals surface area (Å²) in [5.41, 5.74) is 12.0. The van der Waals surface area contributed by atoms with E-state index < -0.39 is 5.95 Å². The maximum absolute atomic E-state index is 15.5. The van der Waals surface area contributed by atoms with Gasteiger partial charge in [-0.05, 0) is 58.7 Å². The van der Waals surface area contributed by atoms with E-state index in [4.69, 9.17) is 16.5 Å². The monoisotopic (exact) mass is 689 g/mol. The topological polar surface area (TPSA) is 62.4 Å². The van der Waals surface area contributed by atoms with E-state index in [0.29, 0.717) is 32.8 Å². The molecule has 0 unspecified atom stereocenters. The molecule has 0 aliphatic carbocycles. The van der Waals surface area contributed by atoms with E-state index in [1.54, 1.807) is 0 Å². The minimum atomic E-state index is -0.917. The average Bonchev–Trinajstić information content (AvgIpc) is 3.18. The molecule has 5 aromatic carbocycles. The zero-order valence-corrected chi connectivity index (χ0v) is 29.6. The van der Waals surface area contributed by atoms with Crippen LogP contribution in [0.2, 0.25) is 0 Å². The third-order valence-corrected chi connectivity index (χ3v) is 11.2. The fourth-order valence-corrected chi connectivity index (χ4v) is 8.64. The molecular formula is C45H32FN7. The Morgan fingerprint density at radius 3 is 1.26 bits per heavy atom. The van der Waals surface area contributed by atoms with Gasteiger partial charge in [-0.25, -0.2) is 4.98 Å². The molecule has 254 valence electrons. The number of benzene rings is 5. The van der Waals surface area contributed by atoms with Gasteiger partial charge < -0.3 is 14.6 Å². The second kappa shape index (κ2) is 10.9. The molecule has 0 radical (unpaired) electrons. The Hall–Kier alpha value is -6.72. The first-order chi connectivity index (χ1) is 25.7. The third kappa shape index (κ3) is 4.25. The van der Waals surface area contributed by atoms with Crippen molar-refractivity contribution < 1.29 is 4.39 Å². The van der Waals surface area contributed by atoms with Crippen molar-refractivity contribution in [3.05, 3.63) is 161 Å². The molecule has 0 bridgehead atoms. The van der Waals surface area contributed by atoms with Gasteiger partial charge in [0.05, 0.1) is 57.4 Å². The van der Waals surface area contributed by atoms with Gasteiger partial charge in [0, 0.05) is 16.2 Å². The van der Waals surface area contributed by atoms with Crippen molar-refractivity contribution in [1.82, 2.24) is 19.9 Å². The van der Waals surface area contributed by atoms with Crippen molar-refractivity contribution >= 4 is 72.8 Å². The van der Waals surface area contributed by atoms with Crippen LogP contribution < -0.4 is 9.80 Å². The molecule has 2 aliphatic rings. The molecule has 0 spiro atoms. The number of anilines is 6. The first-order valence-corrected chi connectivity index (χ1v) is 17.6. The van der Waals surface area contributed by atoms with Crippen LogP contribution in [-0.4, -0.2) is 19.9 Å². The minimum absolute atomic E-state index is 0.225. The van der Waals surface area contributed by atoms with Crippen molar-refractivity contribution in [3.63, 3.8) is 0 Å². The predicted octanol–water partition coefficient (Wildman–Crippen LogP) is 11.6. The lowest BCUT2D eigenvalue weighted by Gasteiger charge is -2.42. The number of nitrogens with zero attached hydrogens (tertiary/aromatic N) is 7. The van der Waals surface area contributed by atoms with E-state index in [1.807, 2.05) is 48.8 Å². The van der Waals surface area contributed by atoms with Gasteiger partial charge in [0.1, 0.15) is 11.0 Å². The fraction of sp³-hybridized carbons (Fsp3) is 0.133. The van der Waals surface area contributed by atoms with Crippen LogP contribution >= 0.6 is 0 Å². The standard InChI is InChI=1S/C45H32FN7/c1-44(2)30-14-6-10-18-34(30)52(35-19-11-7-15-31(35)44)26-22-28-38(48-24-26)39-29(41-40(28)50-42(46)43(47-5)51-41)23-27(25-49-39)53-36-20-12-8-16-32(36)45(3,4)33-17-9-13-21-37(33)53/h6-25H,1-4H3. The lowest BCUT2D eigenvalue weighted by molar-refractivity contribution is 0.591. The number of hydrogen-bond donors (Lipinski definition) is 0. The molecule has 3 aromatic heterocycles. The minimum Gasteiger partial charge on any atom is -0.357 e. The smallest absolute Gasteiger partial charge is 0.325 e. The van der Waals surface area contributed by atoms with Crippen molar-refractivity contribution in [2.24, 2.45) is 0 Å². The Kier molecular flexibility index (Phi) is 6.38. The molecule has 7 nitrogen and oxygen atoms in total. The third-order valence-electron chi connectivity index (χ3n) is 11.2. The Bertz CT molecular complexity index is 2810. The van der Waals surface area contributed by atoms with Crippen LogP contribution in [0, 0.1) is 12.5 Å². The molecule has 0 N–H and O–H groups in total. The van der Waals surface area contributed by atoms with Gasteiger partial charge in [-0.2, -0.15) is 4.39 Å². The summed E-state index contributed by atoms with van der Waals surface area (Å²) >= 11 is 0. The Balaban J connectivity index is 1.24. The van der Waals surface area contributed by atoms with E-state index in [1.165, 1.54) is 22.3 Å². The lowest BCUT2D eigenvalue weighted by atomic mass is 9.73. The van der Waals surface area contributed by atoms with E-state index in [-0.39, 0.29) is 16.6 Å². The van der Waals surface area contributed by atoms with Crippen LogP contribution in [0.3, 0.4) is 0 Å². The maximum atomic E-state index is 15.5. The molecule has 8 heteroatoms. The predicted molar refractivity (Wildman–Crippen MR) is 210 cm³/mol. The number of rotatable bonds is 2. The molecule has 2 aliphatic heterocycles. The van der Waals surface area contributed by atoms with Crippen LogP contribution in [-0.2, 0) is 10.8 Å². The van der Waals surface area contributed by atoms with Crippen molar-refractivity contribution in [1.29, 1.82) is 0 Å². The summed E-state index contributed by atoms with van der Waals surface area (Å²) in [6, 6.07) is 37.7. The number of aromatic nitrogens is 4. The quantitative estimate of drug-likeness (QED) is 0.133.